The Labute approximate surface area is 206 Å². The summed E-state index contributed by atoms with van der Waals surface area (Å²) in [7, 11) is 4.45. The summed E-state index contributed by atoms with van der Waals surface area (Å²) in [6.07, 6.45) is 0. The average molecular weight is 482 g/mol. The Morgan fingerprint density at radius 3 is 2.08 bits per heavy atom. The van der Waals surface area contributed by atoms with Gasteiger partial charge < -0.3 is 23.4 Å². The number of rotatable bonds is 6. The van der Waals surface area contributed by atoms with Gasteiger partial charge in [0.1, 0.15) is 11.3 Å². The molecule has 0 saturated heterocycles. The maximum atomic E-state index is 12.8. The Hall–Kier alpha value is -4.78. The molecule has 0 bridgehead atoms. The largest absolute Gasteiger partial charge is 0.493 e. The van der Waals surface area contributed by atoms with Crippen molar-refractivity contribution in [2.45, 2.75) is 0 Å². The Bertz CT molecular complexity index is 1640. The van der Waals surface area contributed by atoms with Crippen LogP contribution in [0.2, 0.25) is 0 Å². The molecule has 5 aromatic rings. The number of fused-ring (bicyclic) bond motifs is 3. The molecule has 0 atom stereocenters. The van der Waals surface area contributed by atoms with Crippen LogP contribution in [0.15, 0.2) is 88.1 Å². The van der Waals surface area contributed by atoms with E-state index in [4.69, 9.17) is 23.4 Å². The molecule has 0 N–H and O–H groups in total. The van der Waals surface area contributed by atoms with Crippen LogP contribution in [-0.2, 0) is 0 Å². The van der Waals surface area contributed by atoms with Gasteiger partial charge in [0.15, 0.2) is 11.5 Å². The molecule has 7 heteroatoms. The van der Waals surface area contributed by atoms with E-state index in [1.54, 1.807) is 30.3 Å². The maximum absolute atomic E-state index is 12.8. The van der Waals surface area contributed by atoms with Crippen molar-refractivity contribution in [1.82, 2.24) is 0 Å². The highest BCUT2D eigenvalue weighted by molar-refractivity contribution is 6.10. The summed E-state index contributed by atoms with van der Waals surface area (Å²) in [5, 5.41) is 1.38. The van der Waals surface area contributed by atoms with Gasteiger partial charge in [0.05, 0.1) is 32.3 Å². The number of carbonyl (C=O) groups is 1. The average Bonchev–Trinajstić information content (AvgIpc) is 2.92. The van der Waals surface area contributed by atoms with Crippen molar-refractivity contribution in [2.24, 2.45) is 0 Å². The number of hydrogen-bond acceptors (Lipinski definition) is 7. The summed E-state index contributed by atoms with van der Waals surface area (Å²) in [6.45, 7) is 0. The Kier molecular flexibility index (Phi) is 6.04. The van der Waals surface area contributed by atoms with Crippen LogP contribution >= 0.6 is 0 Å². The van der Waals surface area contributed by atoms with Crippen molar-refractivity contribution in [1.29, 1.82) is 0 Å². The van der Waals surface area contributed by atoms with E-state index < -0.39 is 11.6 Å². The minimum Gasteiger partial charge on any atom is -0.493 e. The van der Waals surface area contributed by atoms with Crippen LogP contribution in [0.25, 0.3) is 32.9 Å². The Balaban J connectivity index is 1.51. The van der Waals surface area contributed by atoms with Gasteiger partial charge in [0.2, 0.25) is 5.75 Å². The molecule has 0 saturated carbocycles. The molecule has 0 amide bonds. The predicted molar refractivity (Wildman–Crippen MR) is 136 cm³/mol. The summed E-state index contributed by atoms with van der Waals surface area (Å²) >= 11 is 0. The maximum Gasteiger partial charge on any atom is 0.344 e. The first-order chi connectivity index (χ1) is 17.5. The Morgan fingerprint density at radius 2 is 1.42 bits per heavy atom. The predicted octanol–water partition coefficient (Wildman–Crippen LogP) is 5.86. The van der Waals surface area contributed by atoms with E-state index >= 15 is 0 Å². The van der Waals surface area contributed by atoms with E-state index in [2.05, 4.69) is 0 Å². The van der Waals surface area contributed by atoms with Gasteiger partial charge in [0, 0.05) is 16.8 Å². The molecule has 7 nitrogen and oxygen atoms in total. The van der Waals surface area contributed by atoms with Crippen LogP contribution in [0.1, 0.15) is 10.4 Å². The molecule has 4 aromatic carbocycles. The van der Waals surface area contributed by atoms with E-state index in [1.807, 2.05) is 42.5 Å². The van der Waals surface area contributed by atoms with E-state index in [9.17, 15) is 9.59 Å². The number of hydrogen-bond donors (Lipinski definition) is 0. The van der Waals surface area contributed by atoms with Crippen molar-refractivity contribution < 1.29 is 28.2 Å². The lowest BCUT2D eigenvalue weighted by Gasteiger charge is -2.15. The molecule has 1 heterocycles. The fraction of sp³-hybridized carbons (Fsp3) is 0.103. The normalized spacial score (nSPS) is 10.9. The number of methoxy groups -OCH3 is 3. The van der Waals surface area contributed by atoms with Crippen molar-refractivity contribution in [3.05, 3.63) is 94.8 Å². The minimum atomic E-state index is -0.586. The van der Waals surface area contributed by atoms with Gasteiger partial charge in [-0.1, -0.05) is 42.5 Å². The summed E-state index contributed by atoms with van der Waals surface area (Å²) in [6, 6.07) is 23.4. The molecule has 0 fully saturated rings. The van der Waals surface area contributed by atoms with Crippen LogP contribution in [0, 0.1) is 0 Å². The second-order valence-corrected chi connectivity index (χ2v) is 7.95. The van der Waals surface area contributed by atoms with Gasteiger partial charge in [-0.2, -0.15) is 0 Å². The first kappa shape index (κ1) is 23.0. The van der Waals surface area contributed by atoms with Crippen molar-refractivity contribution in [3.8, 4) is 34.1 Å². The van der Waals surface area contributed by atoms with Gasteiger partial charge in [-0.3, -0.25) is 0 Å². The molecule has 180 valence electrons. The third kappa shape index (κ3) is 4.01. The second kappa shape index (κ2) is 9.46. The standard InChI is InChI=1S/C29H22O7/c1-32-24-16-22-25(27(34-3)26(24)33-2)21-14-13-20(15-23(21)36-29(22)31)35-28(30)19-11-9-18(10-12-19)17-7-5-4-6-8-17/h4-16H,1-3H3. The minimum absolute atomic E-state index is 0.238. The van der Waals surface area contributed by atoms with Crippen molar-refractivity contribution in [2.75, 3.05) is 21.3 Å². The van der Waals surface area contributed by atoms with Crippen LogP contribution in [0.3, 0.4) is 0 Å². The topological polar surface area (TPSA) is 84.2 Å². The van der Waals surface area contributed by atoms with Crippen molar-refractivity contribution >= 4 is 27.7 Å². The lowest BCUT2D eigenvalue weighted by molar-refractivity contribution is 0.0735. The van der Waals surface area contributed by atoms with Gasteiger partial charge in [-0.25, -0.2) is 9.59 Å². The van der Waals surface area contributed by atoms with E-state index in [-0.39, 0.29) is 16.7 Å². The molecule has 0 aliphatic carbocycles. The van der Waals surface area contributed by atoms with E-state index in [0.29, 0.717) is 33.6 Å². The first-order valence-corrected chi connectivity index (χ1v) is 11.1. The van der Waals surface area contributed by atoms with E-state index in [1.165, 1.54) is 27.4 Å². The number of esters is 1. The molecule has 0 unspecified atom stereocenters. The molecule has 0 spiro atoms. The zero-order valence-corrected chi connectivity index (χ0v) is 19.9. The third-order valence-corrected chi connectivity index (χ3v) is 5.91. The molecular weight excluding hydrogens is 460 g/mol. The summed E-state index contributed by atoms with van der Waals surface area (Å²) in [5.74, 6) is 0.752. The van der Waals surface area contributed by atoms with Crippen LogP contribution < -0.4 is 24.6 Å². The molecule has 0 aliphatic rings. The van der Waals surface area contributed by atoms with Crippen molar-refractivity contribution in [3.63, 3.8) is 0 Å². The summed E-state index contributed by atoms with van der Waals surface area (Å²) in [4.78, 5) is 25.6. The molecule has 36 heavy (non-hydrogen) atoms. The second-order valence-electron chi connectivity index (χ2n) is 7.95. The SMILES string of the molecule is COc1cc2c(=O)oc3cc(OC(=O)c4ccc(-c5ccccc5)cc4)ccc3c2c(OC)c1OC. The van der Waals surface area contributed by atoms with Crippen LogP contribution in [0.5, 0.6) is 23.0 Å². The zero-order valence-electron chi connectivity index (χ0n) is 19.9. The fourth-order valence-corrected chi connectivity index (χ4v) is 4.19. The van der Waals surface area contributed by atoms with Gasteiger partial charge >= 0.3 is 11.6 Å². The summed E-state index contributed by atoms with van der Waals surface area (Å²) < 4.78 is 27.5. The molecule has 1 aromatic heterocycles. The van der Waals surface area contributed by atoms with Gasteiger partial charge in [-0.05, 0) is 41.5 Å². The van der Waals surface area contributed by atoms with Crippen LogP contribution in [0.4, 0.5) is 0 Å². The number of carbonyl (C=O) groups excluding carboxylic acids is 1. The molecule has 0 radical (unpaired) electrons. The molecular formula is C29H22O7. The highest BCUT2D eigenvalue weighted by Gasteiger charge is 2.21. The monoisotopic (exact) mass is 482 g/mol. The summed E-state index contributed by atoms with van der Waals surface area (Å²) in [5.41, 5.74) is 2.10. The quantitative estimate of drug-likeness (QED) is 0.130. The van der Waals surface area contributed by atoms with E-state index in [0.717, 1.165) is 11.1 Å². The lowest BCUT2D eigenvalue weighted by atomic mass is 10.0. The highest BCUT2D eigenvalue weighted by Crippen LogP contribution is 2.45. The van der Waals surface area contributed by atoms with Crippen LogP contribution in [-0.4, -0.2) is 27.3 Å². The first-order valence-electron chi connectivity index (χ1n) is 11.1. The van der Waals surface area contributed by atoms with Gasteiger partial charge in [-0.15, -0.1) is 0 Å². The lowest BCUT2D eigenvalue weighted by Crippen LogP contribution is -2.08. The van der Waals surface area contributed by atoms with Gasteiger partial charge in [0.25, 0.3) is 0 Å². The fourth-order valence-electron chi connectivity index (χ4n) is 4.19. The number of ether oxygens (including phenoxy) is 4. The highest BCUT2D eigenvalue weighted by atomic mass is 16.5. The number of benzene rings is 4. The smallest absolute Gasteiger partial charge is 0.344 e. The zero-order chi connectivity index (χ0) is 25.2. The molecule has 0 aliphatic heterocycles. The molecule has 5 rings (SSSR count). The Morgan fingerprint density at radius 1 is 0.722 bits per heavy atom. The third-order valence-electron chi connectivity index (χ3n) is 5.91.